The Balaban J connectivity index is 0.897. The fourth-order valence-corrected chi connectivity index (χ4v) is 12.6. The molecule has 8 aromatic rings. The molecule has 0 saturated carbocycles. The van der Waals surface area contributed by atoms with Crippen molar-refractivity contribution in [3.05, 3.63) is 99.1 Å². The molecule has 584 valence electrons. The Morgan fingerprint density at radius 3 is 1.04 bits per heavy atom. The number of phenolic OH excluding ortho intramolecular Hbond substituents is 23. The first kappa shape index (κ1) is 74.8. The lowest BCUT2D eigenvalue weighted by Crippen LogP contribution is -2.63. The van der Waals surface area contributed by atoms with E-state index in [1.807, 2.05) is 0 Å². The van der Waals surface area contributed by atoms with Gasteiger partial charge in [-0.15, -0.1) is 0 Å². The Morgan fingerprint density at radius 1 is 0.339 bits per heavy atom. The zero-order chi connectivity index (χ0) is 81.5. The molecule has 2 fully saturated rings. The van der Waals surface area contributed by atoms with Gasteiger partial charge in [-0.1, -0.05) is 0 Å². The Labute approximate surface area is 614 Å². The quantitative estimate of drug-likeness (QED) is 0.0614. The van der Waals surface area contributed by atoms with Crippen molar-refractivity contribution < 1.29 is 218 Å². The van der Waals surface area contributed by atoms with E-state index in [-0.39, 0.29) is 18.2 Å². The Hall–Kier alpha value is -15.4. The molecule has 0 radical (unpaired) electrons. The first-order valence-corrected chi connectivity index (χ1v) is 31.2. The average molecular weight is 1570 g/mol. The first-order chi connectivity index (χ1) is 52.8. The number of hydrogen-bond donors (Lipinski definition) is 25. The van der Waals surface area contributed by atoms with Crippen molar-refractivity contribution >= 4 is 47.8 Å². The van der Waals surface area contributed by atoms with Crippen molar-refractivity contribution in [1.29, 1.82) is 0 Å². The lowest BCUT2D eigenvalue weighted by atomic mass is 9.91. The van der Waals surface area contributed by atoms with Crippen LogP contribution >= 0.6 is 0 Å². The smallest absolute Gasteiger partial charge is 0.344 e. The molecule has 44 nitrogen and oxygen atoms in total. The van der Waals surface area contributed by atoms with E-state index < -0.39 is 344 Å². The Bertz CT molecular complexity index is 5510. The predicted molar refractivity (Wildman–Crippen MR) is 344 cm³/mol. The monoisotopic (exact) mass is 1570 g/mol. The summed E-state index contributed by atoms with van der Waals surface area (Å²) in [6.07, 6.45) is -25.9. The Kier molecular flexibility index (Phi) is 18.1. The van der Waals surface area contributed by atoms with Crippen LogP contribution in [0.5, 0.6) is 144 Å². The number of carbonyl (C=O) groups excluding carboxylic acids is 8. The van der Waals surface area contributed by atoms with Crippen molar-refractivity contribution in [3.63, 3.8) is 0 Å². The molecule has 0 spiro atoms. The third-order valence-electron chi connectivity index (χ3n) is 18.0. The highest BCUT2D eigenvalue weighted by atomic mass is 16.8. The van der Waals surface area contributed by atoms with Crippen LogP contribution in [-0.2, 0) is 47.4 Å². The van der Waals surface area contributed by atoms with Crippen LogP contribution in [0.3, 0.4) is 0 Å². The van der Waals surface area contributed by atoms with Gasteiger partial charge >= 0.3 is 47.8 Å². The number of fused-ring (bicyclic) bond motifs is 13. The number of carbonyl (C=O) groups is 8. The summed E-state index contributed by atoms with van der Waals surface area (Å²) >= 11 is 0. The van der Waals surface area contributed by atoms with Crippen molar-refractivity contribution in [3.8, 4) is 177 Å². The van der Waals surface area contributed by atoms with E-state index in [9.17, 15) is 161 Å². The number of aromatic hydroxyl groups is 23. The van der Waals surface area contributed by atoms with Crippen molar-refractivity contribution in [2.75, 3.05) is 13.2 Å². The second-order valence-electron chi connectivity index (χ2n) is 24.5. The molecule has 5 aliphatic heterocycles. The molecule has 25 N–H and O–H groups in total. The molecule has 13 rings (SSSR count). The van der Waals surface area contributed by atoms with Crippen LogP contribution in [0.1, 0.15) is 82.9 Å². The maximum absolute atomic E-state index is 15.1. The fourth-order valence-electron chi connectivity index (χ4n) is 12.6. The second-order valence-corrected chi connectivity index (χ2v) is 24.5. The number of rotatable bonds is 7. The molecule has 10 unspecified atom stereocenters. The van der Waals surface area contributed by atoms with E-state index in [0.29, 0.717) is 36.4 Å². The van der Waals surface area contributed by atoms with Crippen LogP contribution in [0.4, 0.5) is 0 Å². The lowest BCUT2D eigenvalue weighted by molar-refractivity contribution is -0.283. The van der Waals surface area contributed by atoms with Gasteiger partial charge in [0, 0.05) is 39.4 Å². The fraction of sp³-hybridized carbons (Fsp3) is 0.176. The zero-order valence-electron chi connectivity index (χ0n) is 54.8. The summed E-state index contributed by atoms with van der Waals surface area (Å²) in [6, 6.07) is 2.91. The minimum absolute atomic E-state index is 0.175. The molecule has 0 aromatic heterocycles. The normalized spacial score (nSPS) is 21.2. The summed E-state index contributed by atoms with van der Waals surface area (Å²) in [4.78, 5) is 117. The third kappa shape index (κ3) is 11.9. The number of aliphatic hydroxyl groups is 2. The van der Waals surface area contributed by atoms with Gasteiger partial charge in [-0.3, -0.25) is 0 Å². The highest BCUT2D eigenvalue weighted by molar-refractivity contribution is 6.12. The minimum atomic E-state index is -2.99. The van der Waals surface area contributed by atoms with Gasteiger partial charge in [0.1, 0.15) is 30.5 Å². The highest BCUT2D eigenvalue weighted by Gasteiger charge is 2.58. The van der Waals surface area contributed by atoms with Gasteiger partial charge in [0.05, 0.1) is 45.6 Å². The van der Waals surface area contributed by atoms with Gasteiger partial charge in [0.15, 0.2) is 110 Å². The standard InChI is InChI=1S/C68H48O44/c69-10-29-45(86)55-57(109-64(99)17-7-25(75)42(83)50(91)35(17)33-15(62(97)107-55)5-23(73)40(81)48(33)89)67(104-29)111-59(94)12-1-20(70)37(78)28(2-12)103-53-19(9-27(77)44(85)52(53)93)66(101)112-68-58-56(108-63(98)16-6-24(74)41(82)49(90)34(16)36-18(65(100)110-58)8-26(76)43(84)51(36)92)54-30(105-68)11-102-60(95)13-3-21(71)38(79)46(87)31(13)32-14(61(96)106-54)4-22(72)39(80)47(32)88/h1-9,29-30,45,54-58,67-93H,10-11H2. The molecule has 112 heavy (non-hydrogen) atoms. The van der Waals surface area contributed by atoms with Gasteiger partial charge in [-0.05, 0) is 48.5 Å². The molecular formula is C68H48O44. The summed E-state index contributed by atoms with van der Waals surface area (Å²) in [5.41, 5.74) is -16.9. The molecule has 8 aromatic carbocycles. The van der Waals surface area contributed by atoms with E-state index >= 15 is 4.79 Å². The van der Waals surface area contributed by atoms with Crippen LogP contribution in [0.2, 0.25) is 0 Å². The van der Waals surface area contributed by atoms with Crippen LogP contribution in [0.15, 0.2) is 54.6 Å². The number of cyclic esters (lactones) is 1. The van der Waals surface area contributed by atoms with Gasteiger partial charge in [0.25, 0.3) is 0 Å². The molecule has 0 bridgehead atoms. The number of hydrogen-bond acceptors (Lipinski definition) is 44. The maximum atomic E-state index is 15.1. The third-order valence-corrected chi connectivity index (χ3v) is 18.0. The van der Waals surface area contributed by atoms with Crippen LogP contribution in [0, 0.1) is 0 Å². The van der Waals surface area contributed by atoms with Gasteiger partial charge in [0.2, 0.25) is 76.5 Å². The minimum Gasteiger partial charge on any atom is -0.504 e. The van der Waals surface area contributed by atoms with Gasteiger partial charge in [-0.2, -0.15) is 0 Å². The summed E-state index contributed by atoms with van der Waals surface area (Å²) in [6.45, 7) is -2.80. The molecule has 2 saturated heterocycles. The van der Waals surface area contributed by atoms with Gasteiger partial charge < -0.3 is 180 Å². The maximum Gasteiger partial charge on any atom is 0.344 e. The Morgan fingerprint density at radius 2 is 0.652 bits per heavy atom. The van der Waals surface area contributed by atoms with Crippen LogP contribution in [-0.4, -0.2) is 250 Å². The lowest BCUT2D eigenvalue weighted by Gasteiger charge is -2.44. The van der Waals surface area contributed by atoms with Crippen LogP contribution in [0.25, 0.3) is 33.4 Å². The number of esters is 8. The first-order valence-electron chi connectivity index (χ1n) is 31.2. The molecule has 10 atom stereocenters. The largest absolute Gasteiger partial charge is 0.504 e. The average Bonchev–Trinajstić information content (AvgIpc) is 0.949. The van der Waals surface area contributed by atoms with E-state index in [1.165, 1.54) is 0 Å². The zero-order valence-corrected chi connectivity index (χ0v) is 54.8. The van der Waals surface area contributed by atoms with E-state index in [4.69, 9.17) is 52.1 Å². The van der Waals surface area contributed by atoms with Crippen molar-refractivity contribution in [2.24, 2.45) is 0 Å². The number of aliphatic hydroxyl groups excluding tert-OH is 2. The van der Waals surface area contributed by atoms with E-state index in [2.05, 4.69) is 0 Å². The van der Waals surface area contributed by atoms with E-state index in [0.717, 1.165) is 0 Å². The molecule has 0 aliphatic carbocycles. The highest BCUT2D eigenvalue weighted by Crippen LogP contribution is 2.58. The van der Waals surface area contributed by atoms with E-state index in [1.54, 1.807) is 0 Å². The number of phenols is 23. The van der Waals surface area contributed by atoms with Crippen molar-refractivity contribution in [2.45, 2.75) is 61.4 Å². The second kappa shape index (κ2) is 27.1. The van der Waals surface area contributed by atoms with Crippen molar-refractivity contribution in [1.82, 2.24) is 0 Å². The molecule has 5 aliphatic rings. The molecule has 5 heterocycles. The molecular weight excluding hydrogens is 1520 g/mol. The van der Waals surface area contributed by atoms with Crippen LogP contribution < -0.4 is 4.74 Å². The SMILES string of the molecule is O=C(OC1OC(CO)C(O)C2OC(=O)c3cc(O)c(O)c(O)c3-c3c(cc(O)c(O)c3O)C(=O)OC12)c1cc(O)c(O)c(Oc2c(C(=O)OC3OC4COC(=O)c5cc(O)c(O)c(O)c5-c5c(cc(O)c(O)c5O)C(=O)OC4C4OC(=O)c5cc(O)c(O)c(O)c5-c5c(cc(O)c(O)c5O)C(=O)OC34)cc(O)c(O)c2O)c1. The summed E-state index contributed by atoms with van der Waals surface area (Å²) < 4.78 is 61.9. The molecule has 0 amide bonds. The summed E-state index contributed by atoms with van der Waals surface area (Å²) in [5.74, 6) is -52.6. The van der Waals surface area contributed by atoms with Gasteiger partial charge in [-0.25, -0.2) is 38.4 Å². The number of benzene rings is 8. The summed E-state index contributed by atoms with van der Waals surface area (Å²) in [7, 11) is 0. The molecule has 44 heteroatoms. The topological polar surface area (TPSA) is 744 Å². The summed E-state index contributed by atoms with van der Waals surface area (Å²) in [5, 5.41) is 273. The number of ether oxygens (including phenoxy) is 11. The predicted octanol–water partition coefficient (Wildman–Crippen LogP) is 1.75.